The Morgan fingerprint density at radius 2 is 0.875 bits per heavy atom. The van der Waals surface area contributed by atoms with Crippen molar-refractivity contribution in [2.45, 2.75) is 5.41 Å². The molecule has 0 amide bonds. The molecule has 0 aliphatic heterocycles. The number of hydrogen-bond donors (Lipinski definition) is 0. The van der Waals surface area contributed by atoms with Gasteiger partial charge in [-0.1, -0.05) is 183 Å². The minimum atomic E-state index is -0.450. The highest BCUT2D eigenvalue weighted by Gasteiger charge is 2.51. The van der Waals surface area contributed by atoms with Crippen molar-refractivity contribution in [2.75, 3.05) is 0 Å². The van der Waals surface area contributed by atoms with Crippen molar-refractivity contribution in [3.8, 4) is 27.9 Å². The van der Waals surface area contributed by atoms with Crippen molar-refractivity contribution in [2.24, 2.45) is 0 Å². The van der Waals surface area contributed by atoms with E-state index < -0.39 is 5.41 Å². The van der Waals surface area contributed by atoms with Gasteiger partial charge in [0.05, 0.1) is 16.4 Å². The Balaban J connectivity index is 1.35. The van der Waals surface area contributed by atoms with Crippen LogP contribution in [0.1, 0.15) is 27.8 Å². The Hall–Kier alpha value is -7.22. The molecule has 0 N–H and O–H groups in total. The summed E-state index contributed by atoms with van der Waals surface area (Å²) in [6, 6.07) is 67.8. The van der Waals surface area contributed by atoms with Gasteiger partial charge < -0.3 is 4.57 Å². The molecule has 1 aromatic heterocycles. The molecule has 8 aromatic carbocycles. The molecule has 1 spiro atoms. The summed E-state index contributed by atoms with van der Waals surface area (Å²) in [5, 5.41) is 7.13. The lowest BCUT2D eigenvalue weighted by Gasteiger charge is -2.31. The van der Waals surface area contributed by atoms with Crippen LogP contribution in [0.5, 0.6) is 0 Å². The third kappa shape index (κ3) is 4.37. The maximum absolute atomic E-state index is 4.17. The number of allylic oxidation sites excluding steroid dienone is 4. The van der Waals surface area contributed by atoms with Gasteiger partial charge in [0.25, 0.3) is 0 Å². The van der Waals surface area contributed by atoms with E-state index in [9.17, 15) is 0 Å². The number of rotatable bonds is 4. The highest BCUT2D eigenvalue weighted by molar-refractivity contribution is 6.19. The molecular weight excluding hydrogens is 675 g/mol. The molecule has 0 saturated carbocycles. The molecule has 9 aromatic rings. The molecule has 0 radical (unpaired) electrons. The SMILES string of the molecule is C=C/C=C(\C=C)c1ccc2c(c1)c1ccccc1c1ccccc1c1ccccc1n2-c1ccc2c(c1)C1(c3ccccc3-c3ccccc31)c1ccccc1-2. The first-order valence-corrected chi connectivity index (χ1v) is 19.3. The highest BCUT2D eigenvalue weighted by atomic mass is 15.0. The molecule has 0 bridgehead atoms. The predicted octanol–water partition coefficient (Wildman–Crippen LogP) is 14.3. The van der Waals surface area contributed by atoms with Crippen LogP contribution in [-0.4, -0.2) is 4.57 Å². The number of nitrogens with zero attached hydrogens (tertiary/aromatic N) is 1. The van der Waals surface area contributed by atoms with Crippen molar-refractivity contribution in [3.63, 3.8) is 0 Å². The van der Waals surface area contributed by atoms with E-state index in [4.69, 9.17) is 0 Å². The van der Waals surface area contributed by atoms with Gasteiger partial charge in [-0.3, -0.25) is 0 Å². The van der Waals surface area contributed by atoms with Gasteiger partial charge >= 0.3 is 0 Å². The summed E-state index contributed by atoms with van der Waals surface area (Å²) < 4.78 is 2.50. The molecule has 0 atom stereocenters. The Morgan fingerprint density at radius 1 is 0.411 bits per heavy atom. The van der Waals surface area contributed by atoms with Gasteiger partial charge in [-0.25, -0.2) is 0 Å². The summed E-state index contributed by atoms with van der Waals surface area (Å²) in [5.74, 6) is 0. The summed E-state index contributed by atoms with van der Waals surface area (Å²) >= 11 is 0. The molecule has 0 saturated heterocycles. The highest BCUT2D eigenvalue weighted by Crippen LogP contribution is 2.63. The Kier molecular flexibility index (Phi) is 7.14. The molecule has 11 rings (SSSR count). The number of para-hydroxylation sites is 1. The van der Waals surface area contributed by atoms with Crippen molar-refractivity contribution in [3.05, 3.63) is 241 Å². The van der Waals surface area contributed by atoms with E-state index in [0.29, 0.717) is 0 Å². The first kappa shape index (κ1) is 32.2. The molecule has 2 aliphatic rings. The van der Waals surface area contributed by atoms with E-state index in [1.807, 2.05) is 18.2 Å². The van der Waals surface area contributed by atoms with Crippen LogP contribution >= 0.6 is 0 Å². The van der Waals surface area contributed by atoms with Gasteiger partial charge in [-0.15, -0.1) is 0 Å². The van der Waals surface area contributed by atoms with Crippen LogP contribution in [0.25, 0.3) is 76.9 Å². The summed E-state index contributed by atoms with van der Waals surface area (Å²) in [6.45, 7) is 8.18. The quantitative estimate of drug-likeness (QED) is 0.160. The van der Waals surface area contributed by atoms with Crippen LogP contribution in [-0.2, 0) is 5.41 Å². The standard InChI is InChI=1S/C55H37N/c1-3-17-36(4-2)37-30-33-54-48(34-37)42-21-8-6-19-40(42)39-18-5-7-20-41(39)47-25-12-16-29-53(47)56(54)38-31-32-46-45-24-11-15-28-51(45)55(52(46)35-38)49-26-13-9-22-43(49)44-23-10-14-27-50(44)55/h3-35H,1-2H2/b36-17+. The van der Waals surface area contributed by atoms with Crippen molar-refractivity contribution < 1.29 is 0 Å². The van der Waals surface area contributed by atoms with Crippen LogP contribution in [0.4, 0.5) is 0 Å². The Morgan fingerprint density at radius 3 is 1.45 bits per heavy atom. The van der Waals surface area contributed by atoms with E-state index in [2.05, 4.69) is 200 Å². The van der Waals surface area contributed by atoms with Crippen LogP contribution in [0.15, 0.2) is 213 Å². The first-order chi connectivity index (χ1) is 27.7. The summed E-state index contributed by atoms with van der Waals surface area (Å²) in [4.78, 5) is 0. The molecule has 1 heteroatoms. The van der Waals surface area contributed by atoms with Crippen LogP contribution in [0, 0.1) is 0 Å². The molecule has 2 aliphatic carbocycles. The zero-order valence-corrected chi connectivity index (χ0v) is 30.9. The van der Waals surface area contributed by atoms with E-state index in [0.717, 1.165) is 33.2 Å². The molecule has 1 nitrogen and oxygen atoms in total. The number of fused-ring (bicyclic) bond motifs is 17. The molecule has 262 valence electrons. The fraction of sp³-hybridized carbons (Fsp3) is 0.0182. The topological polar surface area (TPSA) is 4.93 Å². The molecular formula is C55H37N. The van der Waals surface area contributed by atoms with Crippen LogP contribution in [0.2, 0.25) is 0 Å². The molecule has 0 fully saturated rings. The maximum Gasteiger partial charge on any atom is 0.0726 e. The van der Waals surface area contributed by atoms with Gasteiger partial charge in [0.15, 0.2) is 0 Å². The second-order valence-electron chi connectivity index (χ2n) is 14.9. The first-order valence-electron chi connectivity index (χ1n) is 19.3. The van der Waals surface area contributed by atoms with Gasteiger partial charge in [-0.2, -0.15) is 0 Å². The van der Waals surface area contributed by atoms with E-state index in [1.165, 1.54) is 71.4 Å². The molecule has 1 heterocycles. The van der Waals surface area contributed by atoms with Gasteiger partial charge in [0.2, 0.25) is 0 Å². The third-order valence-corrected chi connectivity index (χ3v) is 12.2. The lowest BCUT2D eigenvalue weighted by atomic mass is 9.70. The third-order valence-electron chi connectivity index (χ3n) is 12.2. The maximum atomic E-state index is 4.17. The minimum absolute atomic E-state index is 0.450. The van der Waals surface area contributed by atoms with Crippen LogP contribution in [0.3, 0.4) is 0 Å². The fourth-order valence-electron chi connectivity index (χ4n) is 9.97. The lowest BCUT2D eigenvalue weighted by Crippen LogP contribution is -2.26. The Bertz CT molecular complexity index is 3180. The number of benzene rings is 8. The average Bonchev–Trinajstić information content (AvgIpc) is 3.74. The molecule has 0 unspecified atom stereocenters. The van der Waals surface area contributed by atoms with Gasteiger partial charge in [0.1, 0.15) is 0 Å². The summed E-state index contributed by atoms with van der Waals surface area (Å²) in [6.07, 6.45) is 5.79. The predicted molar refractivity (Wildman–Crippen MR) is 238 cm³/mol. The average molecular weight is 712 g/mol. The molecule has 56 heavy (non-hydrogen) atoms. The van der Waals surface area contributed by atoms with Crippen molar-refractivity contribution in [1.29, 1.82) is 0 Å². The minimum Gasteiger partial charge on any atom is -0.309 e. The zero-order chi connectivity index (χ0) is 37.4. The Labute approximate surface area is 326 Å². The smallest absolute Gasteiger partial charge is 0.0726 e. The zero-order valence-electron chi connectivity index (χ0n) is 30.9. The number of aromatic nitrogens is 1. The number of hydrogen-bond acceptors (Lipinski definition) is 0. The lowest BCUT2D eigenvalue weighted by molar-refractivity contribution is 0.792. The van der Waals surface area contributed by atoms with E-state index >= 15 is 0 Å². The van der Waals surface area contributed by atoms with E-state index in [-0.39, 0.29) is 0 Å². The second-order valence-corrected chi connectivity index (χ2v) is 14.9. The largest absolute Gasteiger partial charge is 0.309 e. The summed E-state index contributed by atoms with van der Waals surface area (Å²) in [5.41, 5.74) is 15.6. The van der Waals surface area contributed by atoms with Crippen molar-refractivity contribution >= 4 is 48.9 Å². The van der Waals surface area contributed by atoms with Crippen molar-refractivity contribution in [1.82, 2.24) is 4.57 Å². The van der Waals surface area contributed by atoms with Crippen LogP contribution < -0.4 is 0 Å². The van der Waals surface area contributed by atoms with E-state index in [1.54, 1.807) is 0 Å². The second kappa shape index (κ2) is 12.4. The van der Waals surface area contributed by atoms with Gasteiger partial charge in [0, 0.05) is 16.5 Å². The fourth-order valence-corrected chi connectivity index (χ4v) is 9.97. The summed E-state index contributed by atoms with van der Waals surface area (Å²) in [7, 11) is 0. The van der Waals surface area contributed by atoms with Gasteiger partial charge in [-0.05, 0) is 108 Å². The monoisotopic (exact) mass is 711 g/mol. The normalized spacial score (nSPS) is 13.4.